The van der Waals surface area contributed by atoms with Crippen LogP contribution < -0.4 is 14.2 Å². The highest BCUT2D eigenvalue weighted by molar-refractivity contribution is 5.96. The van der Waals surface area contributed by atoms with Gasteiger partial charge in [-0.05, 0) is 35.3 Å². The molecule has 0 aromatic heterocycles. The second kappa shape index (κ2) is 9.65. The minimum atomic E-state index is -1.30. The molecule has 2 aromatic carbocycles. The molecule has 0 saturated carbocycles. The van der Waals surface area contributed by atoms with Crippen molar-refractivity contribution in [1.29, 1.82) is 5.26 Å². The standard InChI is InChI=1S/C23H25NO5/c1-23(2,3)19-7-5-6-8-20(19)28-11-12-29-21-14-18(27-4)10-9-16(21)13-17(15-24)22(25)26/h5-10,13-14H,11-12H2,1-4H3,(H,25,26). The number of aliphatic carboxylic acids is 1. The smallest absolute Gasteiger partial charge is 0.346 e. The van der Waals surface area contributed by atoms with E-state index in [0.29, 0.717) is 23.7 Å². The fourth-order valence-electron chi connectivity index (χ4n) is 2.70. The third kappa shape index (κ3) is 6.01. The maximum Gasteiger partial charge on any atom is 0.346 e. The van der Waals surface area contributed by atoms with E-state index in [2.05, 4.69) is 20.8 Å². The number of nitrogens with zero attached hydrogens (tertiary/aromatic N) is 1. The van der Waals surface area contributed by atoms with Gasteiger partial charge in [-0.15, -0.1) is 0 Å². The molecule has 0 radical (unpaired) electrons. The Labute approximate surface area is 171 Å². The van der Waals surface area contributed by atoms with Crippen molar-refractivity contribution in [2.24, 2.45) is 0 Å². The minimum Gasteiger partial charge on any atom is -0.497 e. The topological polar surface area (TPSA) is 88.8 Å². The first-order valence-electron chi connectivity index (χ1n) is 9.14. The molecular formula is C23H25NO5. The van der Waals surface area contributed by atoms with E-state index in [-0.39, 0.29) is 17.6 Å². The molecule has 0 aliphatic carbocycles. The number of carboxylic acid groups (broad SMARTS) is 1. The lowest BCUT2D eigenvalue weighted by atomic mass is 9.86. The molecule has 0 aliphatic rings. The van der Waals surface area contributed by atoms with Crippen LogP contribution in [-0.4, -0.2) is 31.4 Å². The van der Waals surface area contributed by atoms with E-state index in [0.717, 1.165) is 11.3 Å². The molecule has 1 N–H and O–H groups in total. The molecule has 0 atom stereocenters. The van der Waals surface area contributed by atoms with E-state index in [1.807, 2.05) is 24.3 Å². The highest BCUT2D eigenvalue weighted by Gasteiger charge is 2.18. The van der Waals surface area contributed by atoms with Gasteiger partial charge in [0, 0.05) is 11.6 Å². The van der Waals surface area contributed by atoms with Gasteiger partial charge in [0.25, 0.3) is 0 Å². The average molecular weight is 395 g/mol. The molecule has 2 rings (SSSR count). The summed E-state index contributed by atoms with van der Waals surface area (Å²) < 4.78 is 16.9. The number of para-hydroxylation sites is 1. The van der Waals surface area contributed by atoms with Gasteiger partial charge in [-0.3, -0.25) is 0 Å². The second-order valence-electron chi connectivity index (χ2n) is 7.32. The second-order valence-corrected chi connectivity index (χ2v) is 7.32. The third-order valence-electron chi connectivity index (χ3n) is 4.16. The number of carbonyl (C=O) groups is 1. The number of methoxy groups -OCH3 is 1. The van der Waals surface area contributed by atoms with Gasteiger partial charge in [0.15, 0.2) is 0 Å². The Morgan fingerprint density at radius 2 is 1.76 bits per heavy atom. The SMILES string of the molecule is COc1ccc(C=C(C#N)C(=O)O)c(OCCOc2ccccc2C(C)(C)C)c1. The first-order valence-corrected chi connectivity index (χ1v) is 9.14. The fraction of sp³-hybridized carbons (Fsp3) is 0.304. The molecule has 152 valence electrons. The van der Waals surface area contributed by atoms with E-state index in [1.165, 1.54) is 13.2 Å². The molecule has 0 saturated heterocycles. The molecular weight excluding hydrogens is 370 g/mol. The number of hydrogen-bond acceptors (Lipinski definition) is 5. The number of rotatable bonds is 8. The Hall–Kier alpha value is -3.46. The van der Waals surface area contributed by atoms with Crippen LogP contribution in [0.15, 0.2) is 48.0 Å². The Balaban J connectivity index is 2.13. The number of ether oxygens (including phenoxy) is 3. The highest BCUT2D eigenvalue weighted by atomic mass is 16.5. The third-order valence-corrected chi connectivity index (χ3v) is 4.16. The number of nitriles is 1. The van der Waals surface area contributed by atoms with Gasteiger partial charge in [0.2, 0.25) is 0 Å². The summed E-state index contributed by atoms with van der Waals surface area (Å²) in [5.41, 5.74) is 1.15. The van der Waals surface area contributed by atoms with Crippen LogP contribution in [0.4, 0.5) is 0 Å². The summed E-state index contributed by atoms with van der Waals surface area (Å²) in [5, 5.41) is 18.1. The zero-order valence-electron chi connectivity index (χ0n) is 17.1. The van der Waals surface area contributed by atoms with Crippen molar-refractivity contribution < 1.29 is 24.1 Å². The van der Waals surface area contributed by atoms with E-state index in [9.17, 15) is 4.79 Å². The fourth-order valence-corrected chi connectivity index (χ4v) is 2.70. The largest absolute Gasteiger partial charge is 0.497 e. The Bertz CT molecular complexity index is 935. The van der Waals surface area contributed by atoms with Gasteiger partial charge >= 0.3 is 5.97 Å². The first kappa shape index (κ1) is 21.8. The van der Waals surface area contributed by atoms with E-state index in [1.54, 1.807) is 24.3 Å². The summed E-state index contributed by atoms with van der Waals surface area (Å²) >= 11 is 0. The van der Waals surface area contributed by atoms with Gasteiger partial charge in [0.05, 0.1) is 7.11 Å². The molecule has 0 unspecified atom stereocenters. The van der Waals surface area contributed by atoms with Crippen molar-refractivity contribution in [2.75, 3.05) is 20.3 Å². The molecule has 0 heterocycles. The molecule has 0 aliphatic heterocycles. The minimum absolute atomic E-state index is 0.0489. The molecule has 2 aromatic rings. The van der Waals surface area contributed by atoms with Crippen molar-refractivity contribution in [1.82, 2.24) is 0 Å². The quantitative estimate of drug-likeness (QED) is 0.404. The van der Waals surface area contributed by atoms with Crippen molar-refractivity contribution in [3.05, 3.63) is 59.2 Å². The van der Waals surface area contributed by atoms with Gasteiger partial charge in [-0.2, -0.15) is 5.26 Å². The monoisotopic (exact) mass is 395 g/mol. The molecule has 6 nitrogen and oxygen atoms in total. The summed E-state index contributed by atoms with van der Waals surface area (Å²) in [4.78, 5) is 11.1. The number of hydrogen-bond donors (Lipinski definition) is 1. The van der Waals surface area contributed by atoms with E-state index >= 15 is 0 Å². The summed E-state index contributed by atoms with van der Waals surface area (Å²) in [6.45, 7) is 6.90. The Morgan fingerprint density at radius 3 is 2.34 bits per heavy atom. The Morgan fingerprint density at radius 1 is 1.10 bits per heavy atom. The van der Waals surface area contributed by atoms with E-state index < -0.39 is 5.97 Å². The number of benzene rings is 2. The predicted octanol–water partition coefficient (Wildman–Crippen LogP) is 4.44. The summed E-state index contributed by atoms with van der Waals surface area (Å²) in [7, 11) is 1.53. The van der Waals surface area contributed by atoms with Crippen LogP contribution in [0, 0.1) is 11.3 Å². The summed E-state index contributed by atoms with van der Waals surface area (Å²) in [6, 6.07) is 14.5. The van der Waals surface area contributed by atoms with Crippen molar-refractivity contribution in [2.45, 2.75) is 26.2 Å². The first-order chi connectivity index (χ1) is 13.8. The van der Waals surface area contributed by atoms with Crippen LogP contribution in [0.1, 0.15) is 31.9 Å². The van der Waals surface area contributed by atoms with Gasteiger partial charge in [-0.25, -0.2) is 4.79 Å². The van der Waals surface area contributed by atoms with Gasteiger partial charge in [-0.1, -0.05) is 39.0 Å². The molecule has 0 fully saturated rings. The molecule has 0 amide bonds. The van der Waals surface area contributed by atoms with Crippen LogP contribution in [0.2, 0.25) is 0 Å². The van der Waals surface area contributed by atoms with Crippen molar-refractivity contribution in [3.8, 4) is 23.3 Å². The van der Waals surface area contributed by atoms with Crippen LogP contribution in [0.25, 0.3) is 6.08 Å². The average Bonchev–Trinajstić information content (AvgIpc) is 2.69. The van der Waals surface area contributed by atoms with Crippen molar-refractivity contribution in [3.63, 3.8) is 0 Å². The molecule has 6 heteroatoms. The van der Waals surface area contributed by atoms with Crippen LogP contribution in [-0.2, 0) is 10.2 Å². The van der Waals surface area contributed by atoms with Gasteiger partial charge < -0.3 is 19.3 Å². The maximum absolute atomic E-state index is 11.1. The zero-order chi connectivity index (χ0) is 21.4. The van der Waals surface area contributed by atoms with Crippen molar-refractivity contribution >= 4 is 12.0 Å². The Kier molecular flexibility index (Phi) is 7.27. The zero-order valence-corrected chi connectivity index (χ0v) is 17.1. The van der Waals surface area contributed by atoms with Crippen LogP contribution >= 0.6 is 0 Å². The summed E-state index contributed by atoms with van der Waals surface area (Å²) in [6.07, 6.45) is 1.27. The highest BCUT2D eigenvalue weighted by Crippen LogP contribution is 2.31. The normalized spacial score (nSPS) is 11.5. The van der Waals surface area contributed by atoms with E-state index in [4.69, 9.17) is 24.6 Å². The maximum atomic E-state index is 11.1. The molecule has 29 heavy (non-hydrogen) atoms. The van der Waals surface area contributed by atoms with Crippen LogP contribution in [0.5, 0.6) is 17.2 Å². The van der Waals surface area contributed by atoms with Gasteiger partial charge in [0.1, 0.15) is 42.1 Å². The number of carboxylic acids is 1. The molecule has 0 spiro atoms. The predicted molar refractivity (Wildman–Crippen MR) is 110 cm³/mol. The molecule has 0 bridgehead atoms. The lowest BCUT2D eigenvalue weighted by Crippen LogP contribution is -2.16. The lowest BCUT2D eigenvalue weighted by molar-refractivity contribution is -0.132. The summed E-state index contributed by atoms with van der Waals surface area (Å²) in [5.74, 6) is 0.472. The lowest BCUT2D eigenvalue weighted by Gasteiger charge is -2.22. The van der Waals surface area contributed by atoms with Crippen LogP contribution in [0.3, 0.4) is 0 Å².